The third-order valence-corrected chi connectivity index (χ3v) is 7.71. The van der Waals surface area contributed by atoms with Crippen LogP contribution in [0.2, 0.25) is 0 Å². The first kappa shape index (κ1) is 26.6. The molecule has 0 aromatic heterocycles. The van der Waals surface area contributed by atoms with E-state index in [0.29, 0.717) is 38.1 Å². The van der Waals surface area contributed by atoms with Gasteiger partial charge < -0.3 is 14.2 Å². The monoisotopic (exact) mass is 476 g/mol. The number of hydrogen-bond acceptors (Lipinski definition) is 7. The predicted octanol–water partition coefficient (Wildman–Crippen LogP) is 6.19. The van der Waals surface area contributed by atoms with Gasteiger partial charge in [-0.05, 0) is 38.5 Å². The second kappa shape index (κ2) is 15.8. The number of epoxide rings is 3. The van der Waals surface area contributed by atoms with E-state index in [1.54, 1.807) is 0 Å². The molecule has 32 heavy (non-hydrogen) atoms. The molecular formula is C24H45O7P. The SMILES string of the molecule is O=P(OCCCCCCC1CO1)(OCCCCCCC1CO1)OCCCCCCC1CO1. The van der Waals surface area contributed by atoms with Crippen LogP contribution in [0.3, 0.4) is 0 Å². The standard InChI is InChI=1S/C24H45O7P/c25-32(29-16-10-4-1-7-13-22-19-26-22,30-17-11-5-2-8-14-23-20-27-23)31-18-12-6-3-9-15-24-21-28-24/h22-24H,1-21H2. The molecule has 0 saturated carbocycles. The van der Waals surface area contributed by atoms with E-state index in [1.807, 2.05) is 0 Å². The summed E-state index contributed by atoms with van der Waals surface area (Å²) < 4.78 is 45.7. The molecule has 3 unspecified atom stereocenters. The molecule has 0 radical (unpaired) electrons. The highest BCUT2D eigenvalue weighted by molar-refractivity contribution is 7.48. The van der Waals surface area contributed by atoms with Crippen molar-refractivity contribution in [3.63, 3.8) is 0 Å². The van der Waals surface area contributed by atoms with Gasteiger partial charge in [0.2, 0.25) is 0 Å². The molecule has 0 aliphatic carbocycles. The Labute approximate surface area is 194 Å². The van der Waals surface area contributed by atoms with Gasteiger partial charge in [-0.25, -0.2) is 4.57 Å². The Bertz CT molecular complexity index is 449. The number of hydrogen-bond donors (Lipinski definition) is 0. The summed E-state index contributed by atoms with van der Waals surface area (Å²) in [7, 11) is -3.46. The molecule has 7 nitrogen and oxygen atoms in total. The highest BCUT2D eigenvalue weighted by atomic mass is 31.2. The van der Waals surface area contributed by atoms with Crippen molar-refractivity contribution in [1.29, 1.82) is 0 Å². The summed E-state index contributed by atoms with van der Waals surface area (Å²) in [5.41, 5.74) is 0. The van der Waals surface area contributed by atoms with E-state index in [2.05, 4.69) is 0 Å². The van der Waals surface area contributed by atoms with Gasteiger partial charge in [0.25, 0.3) is 0 Å². The van der Waals surface area contributed by atoms with Crippen molar-refractivity contribution in [2.75, 3.05) is 39.6 Å². The van der Waals surface area contributed by atoms with Crippen molar-refractivity contribution in [3.05, 3.63) is 0 Å². The second-order valence-corrected chi connectivity index (χ2v) is 11.1. The first-order valence-corrected chi connectivity index (χ1v) is 14.6. The number of unbranched alkanes of at least 4 members (excludes halogenated alkanes) is 9. The maximum atomic E-state index is 13.1. The van der Waals surface area contributed by atoms with E-state index in [9.17, 15) is 4.57 Å². The van der Waals surface area contributed by atoms with E-state index >= 15 is 0 Å². The van der Waals surface area contributed by atoms with Crippen LogP contribution in [0.5, 0.6) is 0 Å². The lowest BCUT2D eigenvalue weighted by Crippen LogP contribution is -2.04. The molecule has 188 valence electrons. The molecule has 3 saturated heterocycles. The van der Waals surface area contributed by atoms with Crippen molar-refractivity contribution >= 4 is 7.82 Å². The van der Waals surface area contributed by atoms with Crippen molar-refractivity contribution in [2.24, 2.45) is 0 Å². The van der Waals surface area contributed by atoms with Crippen molar-refractivity contribution in [1.82, 2.24) is 0 Å². The van der Waals surface area contributed by atoms with Crippen LogP contribution >= 0.6 is 7.82 Å². The number of phosphoric ester groups is 1. The zero-order valence-corrected chi connectivity index (χ0v) is 20.8. The molecule has 3 heterocycles. The van der Waals surface area contributed by atoms with Gasteiger partial charge >= 0.3 is 7.82 Å². The summed E-state index contributed by atoms with van der Waals surface area (Å²) >= 11 is 0. The van der Waals surface area contributed by atoms with Gasteiger partial charge in [-0.1, -0.05) is 57.8 Å². The lowest BCUT2D eigenvalue weighted by atomic mass is 10.1. The summed E-state index contributed by atoms with van der Waals surface area (Å²) in [5, 5.41) is 0. The van der Waals surface area contributed by atoms with Crippen molar-refractivity contribution in [3.8, 4) is 0 Å². The minimum atomic E-state index is -3.46. The maximum absolute atomic E-state index is 13.1. The Hall–Kier alpha value is -0.0100. The second-order valence-electron chi connectivity index (χ2n) is 9.42. The topological polar surface area (TPSA) is 82.4 Å². The Morgan fingerprint density at radius 2 is 0.781 bits per heavy atom. The van der Waals surface area contributed by atoms with Gasteiger partial charge in [-0.3, -0.25) is 13.6 Å². The zero-order chi connectivity index (χ0) is 22.3. The van der Waals surface area contributed by atoms with E-state index < -0.39 is 7.82 Å². The lowest BCUT2D eigenvalue weighted by Gasteiger charge is -2.18. The Kier molecular flexibility index (Phi) is 13.1. The molecule has 0 amide bonds. The van der Waals surface area contributed by atoms with Gasteiger partial charge in [0.1, 0.15) is 0 Å². The molecule has 3 rings (SSSR count). The van der Waals surface area contributed by atoms with Crippen molar-refractivity contribution < 1.29 is 32.3 Å². The molecule has 8 heteroatoms. The van der Waals surface area contributed by atoms with Crippen LogP contribution in [-0.4, -0.2) is 58.0 Å². The number of phosphoric acid groups is 1. The summed E-state index contributed by atoms with van der Waals surface area (Å²) in [6.45, 7) is 4.10. The van der Waals surface area contributed by atoms with Gasteiger partial charge in [-0.15, -0.1) is 0 Å². The van der Waals surface area contributed by atoms with Crippen LogP contribution in [-0.2, 0) is 32.3 Å². The number of rotatable bonds is 24. The molecule has 3 aliphatic heterocycles. The van der Waals surface area contributed by atoms with Crippen LogP contribution in [0.25, 0.3) is 0 Å². The Morgan fingerprint density at radius 3 is 1.06 bits per heavy atom. The minimum Gasteiger partial charge on any atom is -0.373 e. The third-order valence-electron chi connectivity index (χ3n) is 6.22. The van der Waals surface area contributed by atoms with E-state index in [0.717, 1.165) is 96.9 Å². The molecule has 0 N–H and O–H groups in total. The Balaban J connectivity index is 1.21. The largest absolute Gasteiger partial charge is 0.474 e. The van der Waals surface area contributed by atoms with Crippen LogP contribution in [0.4, 0.5) is 0 Å². The average molecular weight is 477 g/mol. The molecule has 0 aromatic rings. The smallest absolute Gasteiger partial charge is 0.373 e. The fraction of sp³-hybridized carbons (Fsp3) is 1.00. The van der Waals surface area contributed by atoms with Crippen molar-refractivity contribution in [2.45, 2.75) is 115 Å². The minimum absolute atomic E-state index is 0.431. The molecular weight excluding hydrogens is 431 g/mol. The highest BCUT2D eigenvalue weighted by Gasteiger charge is 2.27. The molecule has 3 aliphatic rings. The number of ether oxygens (including phenoxy) is 3. The average Bonchev–Trinajstić information content (AvgIpc) is 3.62. The van der Waals surface area contributed by atoms with Gasteiger partial charge in [0.05, 0.1) is 58.0 Å². The zero-order valence-electron chi connectivity index (χ0n) is 19.9. The summed E-state index contributed by atoms with van der Waals surface area (Å²) in [4.78, 5) is 0. The van der Waals surface area contributed by atoms with Crippen LogP contribution in [0.1, 0.15) is 96.3 Å². The van der Waals surface area contributed by atoms with Crippen LogP contribution in [0.15, 0.2) is 0 Å². The molecule has 3 fully saturated rings. The lowest BCUT2D eigenvalue weighted by molar-refractivity contribution is 0.108. The fourth-order valence-electron chi connectivity index (χ4n) is 3.83. The quantitative estimate of drug-likeness (QED) is 0.0933. The van der Waals surface area contributed by atoms with Crippen LogP contribution < -0.4 is 0 Å². The molecule has 0 aromatic carbocycles. The summed E-state index contributed by atoms with van der Waals surface area (Å²) in [5.74, 6) is 0. The molecule has 0 bridgehead atoms. The third kappa shape index (κ3) is 14.3. The van der Waals surface area contributed by atoms with Gasteiger partial charge in [0, 0.05) is 0 Å². The summed E-state index contributed by atoms with van der Waals surface area (Å²) in [6.07, 6.45) is 17.9. The maximum Gasteiger partial charge on any atom is 0.474 e. The summed E-state index contributed by atoms with van der Waals surface area (Å²) in [6, 6.07) is 0. The normalized spacial score (nSPS) is 25.6. The van der Waals surface area contributed by atoms with E-state index in [4.69, 9.17) is 27.8 Å². The molecule has 3 atom stereocenters. The first-order valence-electron chi connectivity index (χ1n) is 13.1. The van der Waals surface area contributed by atoms with E-state index in [-0.39, 0.29) is 0 Å². The van der Waals surface area contributed by atoms with Gasteiger partial charge in [0.15, 0.2) is 0 Å². The molecule has 0 spiro atoms. The van der Waals surface area contributed by atoms with Gasteiger partial charge in [-0.2, -0.15) is 0 Å². The van der Waals surface area contributed by atoms with Crippen LogP contribution in [0, 0.1) is 0 Å². The highest BCUT2D eigenvalue weighted by Crippen LogP contribution is 2.50. The first-order chi connectivity index (χ1) is 15.7. The fourth-order valence-corrected chi connectivity index (χ4v) is 5.11. The predicted molar refractivity (Wildman–Crippen MR) is 124 cm³/mol. The van der Waals surface area contributed by atoms with E-state index in [1.165, 1.54) is 19.3 Å². The Morgan fingerprint density at radius 1 is 0.500 bits per heavy atom.